The molecular weight excluding hydrogens is 307 g/mol. The Hall–Kier alpha value is -1.58. The maximum Gasteiger partial charge on any atom is 0.142 e. The summed E-state index contributed by atoms with van der Waals surface area (Å²) in [7, 11) is 0. The Balaban J connectivity index is 1.83. The second kappa shape index (κ2) is 8.01. The summed E-state index contributed by atoms with van der Waals surface area (Å²) in [5.74, 6) is 0.870. The molecule has 112 valence electrons. The number of hydrogen-bond donors (Lipinski definition) is 2. The topological polar surface area (TPSA) is 33.3 Å². The second-order valence-corrected chi connectivity index (χ2v) is 5.23. The first-order valence-electron chi connectivity index (χ1n) is 6.85. The molecule has 2 N–H and O–H groups in total. The minimum atomic E-state index is 0.552. The van der Waals surface area contributed by atoms with E-state index < -0.39 is 0 Å². The lowest BCUT2D eigenvalue weighted by Gasteiger charge is -2.13. The first kappa shape index (κ1) is 15.8. The lowest BCUT2D eigenvalue weighted by Crippen LogP contribution is -2.14. The lowest BCUT2D eigenvalue weighted by atomic mass is 10.3. The van der Waals surface area contributed by atoms with Gasteiger partial charge < -0.3 is 15.4 Å². The van der Waals surface area contributed by atoms with Crippen molar-refractivity contribution in [3.05, 3.63) is 52.5 Å². The third-order valence-corrected chi connectivity index (χ3v) is 3.62. The maximum absolute atomic E-state index is 5.97. The fourth-order valence-electron chi connectivity index (χ4n) is 1.90. The molecule has 2 aromatic rings. The number of halogens is 2. The molecular formula is C16H18Cl2N2O. The molecule has 0 saturated heterocycles. The van der Waals surface area contributed by atoms with Crippen molar-refractivity contribution < 1.29 is 4.74 Å². The summed E-state index contributed by atoms with van der Waals surface area (Å²) in [6, 6.07) is 13.4. The molecule has 2 aromatic carbocycles. The number of para-hydroxylation sites is 2. The summed E-state index contributed by atoms with van der Waals surface area (Å²) in [6.45, 7) is 4.16. The Morgan fingerprint density at radius 3 is 2.48 bits per heavy atom. The van der Waals surface area contributed by atoms with Crippen molar-refractivity contribution in [3.63, 3.8) is 0 Å². The number of ether oxygens (including phenoxy) is 1. The molecule has 0 spiro atoms. The predicted octanol–water partition coefficient (Wildman–Crippen LogP) is 4.92. The third-order valence-electron chi connectivity index (χ3n) is 2.88. The van der Waals surface area contributed by atoms with Gasteiger partial charge in [0.1, 0.15) is 5.75 Å². The van der Waals surface area contributed by atoms with E-state index in [2.05, 4.69) is 10.6 Å². The van der Waals surface area contributed by atoms with E-state index in [1.54, 1.807) is 6.07 Å². The van der Waals surface area contributed by atoms with Gasteiger partial charge >= 0.3 is 0 Å². The number of rotatable bonds is 7. The molecule has 0 unspecified atom stereocenters. The van der Waals surface area contributed by atoms with Gasteiger partial charge in [-0.3, -0.25) is 0 Å². The number of nitrogens with one attached hydrogen (secondary N) is 2. The van der Waals surface area contributed by atoms with Crippen molar-refractivity contribution >= 4 is 34.6 Å². The van der Waals surface area contributed by atoms with Gasteiger partial charge in [0.25, 0.3) is 0 Å². The zero-order valence-corrected chi connectivity index (χ0v) is 13.3. The summed E-state index contributed by atoms with van der Waals surface area (Å²) in [6.07, 6.45) is 0. The normalized spacial score (nSPS) is 10.2. The van der Waals surface area contributed by atoms with E-state index in [0.29, 0.717) is 16.7 Å². The highest BCUT2D eigenvalue weighted by atomic mass is 35.5. The average Bonchev–Trinajstić information content (AvgIpc) is 2.49. The summed E-state index contributed by atoms with van der Waals surface area (Å²) in [4.78, 5) is 0. The van der Waals surface area contributed by atoms with E-state index in [0.717, 1.165) is 30.2 Å². The van der Waals surface area contributed by atoms with Gasteiger partial charge in [0.2, 0.25) is 0 Å². The maximum atomic E-state index is 5.97. The van der Waals surface area contributed by atoms with Gasteiger partial charge in [0.15, 0.2) is 0 Å². The van der Waals surface area contributed by atoms with Crippen molar-refractivity contribution in [1.82, 2.24) is 0 Å². The second-order valence-electron chi connectivity index (χ2n) is 4.41. The molecule has 0 aliphatic carbocycles. The molecule has 0 heterocycles. The standard InChI is InChI=1S/C16H18Cl2N2O/c1-2-21-16-6-4-3-5-15(16)20-10-9-19-12-7-8-13(17)14(18)11-12/h3-8,11,19-20H,2,9-10H2,1H3. The Morgan fingerprint density at radius 2 is 1.71 bits per heavy atom. The van der Waals surface area contributed by atoms with Crippen molar-refractivity contribution in [2.75, 3.05) is 30.3 Å². The molecule has 2 rings (SSSR count). The van der Waals surface area contributed by atoms with Gasteiger partial charge in [0, 0.05) is 18.8 Å². The van der Waals surface area contributed by atoms with Crippen LogP contribution in [0.3, 0.4) is 0 Å². The zero-order chi connectivity index (χ0) is 15.1. The third kappa shape index (κ3) is 4.73. The molecule has 0 saturated carbocycles. The zero-order valence-electron chi connectivity index (χ0n) is 11.8. The van der Waals surface area contributed by atoms with Crippen LogP contribution in [0.1, 0.15) is 6.92 Å². The van der Waals surface area contributed by atoms with Crippen LogP contribution in [-0.2, 0) is 0 Å². The summed E-state index contributed by atoms with van der Waals surface area (Å²) >= 11 is 11.9. The number of anilines is 2. The largest absolute Gasteiger partial charge is 0.492 e. The molecule has 0 atom stereocenters. The molecule has 0 amide bonds. The smallest absolute Gasteiger partial charge is 0.142 e. The highest BCUT2D eigenvalue weighted by molar-refractivity contribution is 6.42. The van der Waals surface area contributed by atoms with Gasteiger partial charge in [-0.1, -0.05) is 35.3 Å². The molecule has 0 aliphatic heterocycles. The minimum absolute atomic E-state index is 0.552. The van der Waals surface area contributed by atoms with E-state index in [4.69, 9.17) is 27.9 Å². The summed E-state index contributed by atoms with van der Waals surface area (Å²) in [5.41, 5.74) is 1.94. The van der Waals surface area contributed by atoms with Gasteiger partial charge in [-0.25, -0.2) is 0 Å². The van der Waals surface area contributed by atoms with Gasteiger partial charge in [-0.15, -0.1) is 0 Å². The monoisotopic (exact) mass is 324 g/mol. The van der Waals surface area contributed by atoms with Gasteiger partial charge in [-0.2, -0.15) is 0 Å². The highest BCUT2D eigenvalue weighted by Crippen LogP contribution is 2.25. The van der Waals surface area contributed by atoms with Crippen LogP contribution in [-0.4, -0.2) is 19.7 Å². The Morgan fingerprint density at radius 1 is 0.952 bits per heavy atom. The molecule has 0 bridgehead atoms. The van der Waals surface area contributed by atoms with Crippen LogP contribution in [0.4, 0.5) is 11.4 Å². The van der Waals surface area contributed by atoms with E-state index in [1.807, 2.05) is 43.3 Å². The Kier molecular flexibility index (Phi) is 6.03. The Labute approximate surface area is 135 Å². The Bertz CT molecular complexity index is 590. The minimum Gasteiger partial charge on any atom is -0.492 e. The first-order chi connectivity index (χ1) is 10.2. The van der Waals surface area contributed by atoms with E-state index in [9.17, 15) is 0 Å². The van der Waals surface area contributed by atoms with Crippen molar-refractivity contribution in [3.8, 4) is 5.75 Å². The van der Waals surface area contributed by atoms with Crippen molar-refractivity contribution in [2.45, 2.75) is 6.92 Å². The van der Waals surface area contributed by atoms with Crippen LogP contribution in [0.25, 0.3) is 0 Å². The van der Waals surface area contributed by atoms with E-state index in [-0.39, 0.29) is 0 Å². The summed E-state index contributed by atoms with van der Waals surface area (Å²) in [5, 5.41) is 7.75. The van der Waals surface area contributed by atoms with Crippen LogP contribution >= 0.6 is 23.2 Å². The van der Waals surface area contributed by atoms with E-state index in [1.165, 1.54) is 0 Å². The molecule has 21 heavy (non-hydrogen) atoms. The molecule has 5 heteroatoms. The van der Waals surface area contributed by atoms with Crippen molar-refractivity contribution in [2.24, 2.45) is 0 Å². The van der Waals surface area contributed by atoms with Crippen LogP contribution in [0.15, 0.2) is 42.5 Å². The fourth-order valence-corrected chi connectivity index (χ4v) is 2.20. The predicted molar refractivity (Wildman–Crippen MR) is 91.1 cm³/mol. The quantitative estimate of drug-likeness (QED) is 0.709. The molecule has 0 aromatic heterocycles. The fraction of sp³-hybridized carbons (Fsp3) is 0.250. The number of benzene rings is 2. The molecule has 0 radical (unpaired) electrons. The highest BCUT2D eigenvalue weighted by Gasteiger charge is 2.01. The van der Waals surface area contributed by atoms with Crippen molar-refractivity contribution in [1.29, 1.82) is 0 Å². The number of hydrogen-bond acceptors (Lipinski definition) is 3. The first-order valence-corrected chi connectivity index (χ1v) is 7.61. The molecule has 3 nitrogen and oxygen atoms in total. The van der Waals surface area contributed by atoms with Crippen LogP contribution in [0.5, 0.6) is 5.75 Å². The van der Waals surface area contributed by atoms with Crippen LogP contribution in [0.2, 0.25) is 10.0 Å². The molecule has 0 aliphatic rings. The van der Waals surface area contributed by atoms with E-state index >= 15 is 0 Å². The van der Waals surface area contributed by atoms with Gasteiger partial charge in [0.05, 0.1) is 22.3 Å². The van der Waals surface area contributed by atoms with Gasteiger partial charge in [-0.05, 0) is 37.3 Å². The van der Waals surface area contributed by atoms with Crippen LogP contribution in [0, 0.1) is 0 Å². The van der Waals surface area contributed by atoms with Crippen LogP contribution < -0.4 is 15.4 Å². The molecule has 0 fully saturated rings. The lowest BCUT2D eigenvalue weighted by molar-refractivity contribution is 0.342. The average molecular weight is 325 g/mol. The summed E-state index contributed by atoms with van der Waals surface area (Å²) < 4.78 is 5.57. The SMILES string of the molecule is CCOc1ccccc1NCCNc1ccc(Cl)c(Cl)c1.